The molecule has 1 aromatic carbocycles. The minimum Gasteiger partial charge on any atom is -0.318 e. The van der Waals surface area contributed by atoms with Crippen LogP contribution in [0.3, 0.4) is 0 Å². The van der Waals surface area contributed by atoms with Crippen LogP contribution in [0, 0.1) is 10.1 Å². The highest BCUT2D eigenvalue weighted by Crippen LogP contribution is 2.27. The maximum atomic E-state index is 12.2. The van der Waals surface area contributed by atoms with Crippen LogP contribution in [0.4, 0.5) is 11.4 Å². The number of anilines is 1. The van der Waals surface area contributed by atoms with Crippen LogP contribution in [-0.2, 0) is 10.0 Å². The minimum absolute atomic E-state index is 0.0646. The lowest BCUT2D eigenvalue weighted by Gasteiger charge is -2.13. The monoisotopic (exact) mass is 300 g/mol. The highest BCUT2D eigenvalue weighted by molar-refractivity contribution is 7.89. The van der Waals surface area contributed by atoms with Gasteiger partial charge in [-0.15, -0.1) is 0 Å². The SMILES string of the molecule is NNc1ccc(S(=O)(=O)NC2CCCC2)cc1[N+](=O)[O-]. The van der Waals surface area contributed by atoms with E-state index in [1.165, 1.54) is 12.1 Å². The van der Waals surface area contributed by atoms with Crippen molar-refractivity contribution >= 4 is 21.4 Å². The van der Waals surface area contributed by atoms with Gasteiger partial charge in [0.15, 0.2) is 0 Å². The maximum Gasteiger partial charge on any atom is 0.294 e. The second-order valence-electron chi connectivity index (χ2n) is 4.68. The Labute approximate surface area is 116 Å². The molecule has 0 atom stereocenters. The number of benzene rings is 1. The summed E-state index contributed by atoms with van der Waals surface area (Å²) in [5.41, 5.74) is 1.86. The van der Waals surface area contributed by atoms with Gasteiger partial charge < -0.3 is 5.43 Å². The molecule has 9 heteroatoms. The van der Waals surface area contributed by atoms with Crippen LogP contribution in [0.5, 0.6) is 0 Å². The molecule has 1 aliphatic rings. The Balaban J connectivity index is 2.31. The normalized spacial score (nSPS) is 16.2. The van der Waals surface area contributed by atoms with E-state index in [9.17, 15) is 18.5 Å². The number of nitro groups is 1. The maximum absolute atomic E-state index is 12.2. The number of rotatable bonds is 5. The molecule has 0 saturated heterocycles. The van der Waals surface area contributed by atoms with E-state index in [1.807, 2.05) is 0 Å². The summed E-state index contributed by atoms with van der Waals surface area (Å²) in [4.78, 5) is 10.1. The third-order valence-electron chi connectivity index (χ3n) is 3.31. The lowest BCUT2D eigenvalue weighted by atomic mass is 10.3. The Morgan fingerprint density at radius 1 is 1.30 bits per heavy atom. The van der Waals surface area contributed by atoms with E-state index >= 15 is 0 Å². The average molecular weight is 300 g/mol. The van der Waals surface area contributed by atoms with E-state index in [2.05, 4.69) is 10.1 Å². The van der Waals surface area contributed by atoms with Gasteiger partial charge in [0, 0.05) is 12.1 Å². The molecule has 0 aromatic heterocycles. The molecule has 2 rings (SSSR count). The predicted octanol–water partition coefficient (Wildman–Crippen LogP) is 1.10. The molecule has 1 fully saturated rings. The molecule has 1 aromatic rings. The topological polar surface area (TPSA) is 127 Å². The summed E-state index contributed by atoms with van der Waals surface area (Å²) < 4.78 is 26.9. The van der Waals surface area contributed by atoms with Crippen LogP contribution in [0.15, 0.2) is 23.1 Å². The van der Waals surface area contributed by atoms with Gasteiger partial charge in [0.2, 0.25) is 10.0 Å². The molecule has 8 nitrogen and oxygen atoms in total. The molecular formula is C11H16N4O4S. The lowest BCUT2D eigenvalue weighted by Crippen LogP contribution is -2.32. The molecule has 110 valence electrons. The molecule has 0 bridgehead atoms. The third kappa shape index (κ3) is 3.06. The number of hydrazine groups is 1. The zero-order valence-electron chi connectivity index (χ0n) is 10.7. The first-order valence-electron chi connectivity index (χ1n) is 6.21. The number of sulfonamides is 1. The molecular weight excluding hydrogens is 284 g/mol. The summed E-state index contributed by atoms with van der Waals surface area (Å²) in [7, 11) is -3.75. The van der Waals surface area contributed by atoms with Gasteiger partial charge in [0.25, 0.3) is 5.69 Å². The fourth-order valence-corrected chi connectivity index (χ4v) is 3.61. The Morgan fingerprint density at radius 3 is 2.50 bits per heavy atom. The number of nitro benzene ring substituents is 1. The van der Waals surface area contributed by atoms with Crippen molar-refractivity contribution in [1.82, 2.24) is 4.72 Å². The molecule has 0 aliphatic heterocycles. The Bertz CT molecular complexity index is 611. The van der Waals surface area contributed by atoms with Crippen molar-refractivity contribution in [3.05, 3.63) is 28.3 Å². The molecule has 1 aliphatic carbocycles. The number of hydrogen-bond donors (Lipinski definition) is 3. The van der Waals surface area contributed by atoms with E-state index in [4.69, 9.17) is 5.84 Å². The van der Waals surface area contributed by atoms with E-state index in [0.29, 0.717) is 0 Å². The van der Waals surface area contributed by atoms with Gasteiger partial charge in [-0.05, 0) is 25.0 Å². The largest absolute Gasteiger partial charge is 0.318 e. The highest BCUT2D eigenvalue weighted by atomic mass is 32.2. The third-order valence-corrected chi connectivity index (χ3v) is 4.83. The molecule has 4 N–H and O–H groups in total. The van der Waals surface area contributed by atoms with Crippen LogP contribution >= 0.6 is 0 Å². The predicted molar refractivity (Wildman–Crippen MR) is 73.5 cm³/mol. The van der Waals surface area contributed by atoms with Crippen LogP contribution in [0.1, 0.15) is 25.7 Å². The molecule has 0 amide bonds. The van der Waals surface area contributed by atoms with Gasteiger partial charge in [-0.25, -0.2) is 13.1 Å². The second kappa shape index (κ2) is 5.73. The van der Waals surface area contributed by atoms with Crippen molar-refractivity contribution in [3.8, 4) is 0 Å². The minimum atomic E-state index is -3.75. The van der Waals surface area contributed by atoms with E-state index in [0.717, 1.165) is 31.7 Å². The number of nitrogen functional groups attached to an aromatic ring is 1. The summed E-state index contributed by atoms with van der Waals surface area (Å²) in [6.45, 7) is 0. The van der Waals surface area contributed by atoms with Crippen molar-refractivity contribution in [2.24, 2.45) is 5.84 Å². The number of nitrogens with zero attached hydrogens (tertiary/aromatic N) is 1. The van der Waals surface area contributed by atoms with Crippen molar-refractivity contribution in [1.29, 1.82) is 0 Å². The highest BCUT2D eigenvalue weighted by Gasteiger charge is 2.25. The summed E-state index contributed by atoms with van der Waals surface area (Å²) in [6, 6.07) is 3.49. The fourth-order valence-electron chi connectivity index (χ4n) is 2.28. The first-order valence-corrected chi connectivity index (χ1v) is 7.70. The van der Waals surface area contributed by atoms with Crippen molar-refractivity contribution in [2.75, 3.05) is 5.43 Å². The number of nitrogens with two attached hydrogens (primary N) is 1. The van der Waals surface area contributed by atoms with Crippen molar-refractivity contribution in [2.45, 2.75) is 36.6 Å². The van der Waals surface area contributed by atoms with Gasteiger partial charge in [0.05, 0.1) is 9.82 Å². The van der Waals surface area contributed by atoms with Crippen LogP contribution in [0.25, 0.3) is 0 Å². The van der Waals surface area contributed by atoms with E-state index in [1.54, 1.807) is 0 Å². The second-order valence-corrected chi connectivity index (χ2v) is 6.40. The van der Waals surface area contributed by atoms with Gasteiger partial charge in [-0.2, -0.15) is 0 Å². The number of nitrogens with one attached hydrogen (secondary N) is 2. The summed E-state index contributed by atoms with van der Waals surface area (Å²) >= 11 is 0. The summed E-state index contributed by atoms with van der Waals surface area (Å²) in [5, 5.41) is 10.9. The molecule has 0 heterocycles. The Morgan fingerprint density at radius 2 is 1.95 bits per heavy atom. The van der Waals surface area contributed by atoms with Crippen LogP contribution < -0.4 is 16.0 Å². The van der Waals surface area contributed by atoms with Gasteiger partial charge in [-0.1, -0.05) is 12.8 Å². The Kier molecular flexibility index (Phi) is 4.21. The molecule has 20 heavy (non-hydrogen) atoms. The smallest absolute Gasteiger partial charge is 0.294 e. The molecule has 0 spiro atoms. The molecule has 0 unspecified atom stereocenters. The van der Waals surface area contributed by atoms with Gasteiger partial charge in [0.1, 0.15) is 5.69 Å². The zero-order valence-corrected chi connectivity index (χ0v) is 11.5. The number of hydrogen-bond acceptors (Lipinski definition) is 6. The van der Waals surface area contributed by atoms with Crippen molar-refractivity contribution < 1.29 is 13.3 Å². The quantitative estimate of drug-likeness (QED) is 0.424. The van der Waals surface area contributed by atoms with Crippen LogP contribution in [-0.4, -0.2) is 19.4 Å². The van der Waals surface area contributed by atoms with Gasteiger partial charge >= 0.3 is 0 Å². The van der Waals surface area contributed by atoms with Crippen molar-refractivity contribution in [3.63, 3.8) is 0 Å². The average Bonchev–Trinajstić information content (AvgIpc) is 2.89. The van der Waals surface area contributed by atoms with Gasteiger partial charge in [-0.3, -0.25) is 16.0 Å². The summed E-state index contributed by atoms with van der Waals surface area (Å²) in [5.74, 6) is 5.16. The lowest BCUT2D eigenvalue weighted by molar-refractivity contribution is -0.384. The zero-order chi connectivity index (χ0) is 14.8. The van der Waals surface area contributed by atoms with E-state index < -0.39 is 14.9 Å². The molecule has 1 saturated carbocycles. The molecule has 0 radical (unpaired) electrons. The first kappa shape index (κ1) is 14.7. The fraction of sp³-hybridized carbons (Fsp3) is 0.455. The summed E-state index contributed by atoms with van der Waals surface area (Å²) in [6.07, 6.45) is 3.57. The van der Waals surface area contributed by atoms with E-state index in [-0.39, 0.29) is 22.3 Å². The Hall–Kier alpha value is -1.71. The van der Waals surface area contributed by atoms with Crippen LogP contribution in [0.2, 0.25) is 0 Å². The first-order chi connectivity index (χ1) is 9.44. The standard InChI is InChI=1S/C11H16N4O4S/c12-13-10-6-5-9(7-11(10)15(16)17)20(18,19)14-8-3-1-2-4-8/h5-8,13-14H,1-4,12H2.